The molecule has 2 unspecified atom stereocenters. The zero-order valence-electron chi connectivity index (χ0n) is 9.28. The Kier molecular flexibility index (Phi) is 3.45. The summed E-state index contributed by atoms with van der Waals surface area (Å²) in [5, 5.41) is 9.39. The molecule has 1 aliphatic carbocycles. The minimum Gasteiger partial charge on any atom is -0.393 e. The van der Waals surface area contributed by atoms with E-state index in [2.05, 4.69) is 4.90 Å². The molecule has 0 spiro atoms. The van der Waals surface area contributed by atoms with Crippen LogP contribution in [0.1, 0.15) is 45.4 Å². The second-order valence-electron chi connectivity index (χ2n) is 5.15. The molecule has 82 valence electrons. The Balaban J connectivity index is 1.71. The first-order valence-corrected chi connectivity index (χ1v) is 6.18. The quantitative estimate of drug-likeness (QED) is 0.729. The maximum Gasteiger partial charge on any atom is 0.0527 e. The summed E-state index contributed by atoms with van der Waals surface area (Å²) in [6, 6.07) is 0.675. The number of hydrogen-bond acceptors (Lipinski definition) is 2. The highest BCUT2D eigenvalue weighted by atomic mass is 16.3. The van der Waals surface area contributed by atoms with Crippen LogP contribution in [0.5, 0.6) is 0 Å². The number of likely N-dealkylation sites (tertiary alicyclic amines) is 1. The van der Waals surface area contributed by atoms with Crippen LogP contribution in [0.15, 0.2) is 0 Å². The van der Waals surface area contributed by atoms with Crippen molar-refractivity contribution in [2.24, 2.45) is 5.92 Å². The highest BCUT2D eigenvalue weighted by Crippen LogP contribution is 2.33. The van der Waals surface area contributed by atoms with Gasteiger partial charge in [-0.25, -0.2) is 0 Å². The third-order valence-electron chi connectivity index (χ3n) is 3.63. The average molecular weight is 197 g/mol. The Bertz CT molecular complexity index is 177. The summed E-state index contributed by atoms with van der Waals surface area (Å²) in [5.74, 6) is 1.04. The Morgan fingerprint density at radius 3 is 2.79 bits per heavy atom. The molecule has 1 saturated heterocycles. The monoisotopic (exact) mass is 197 g/mol. The molecule has 1 saturated carbocycles. The summed E-state index contributed by atoms with van der Waals surface area (Å²) in [5.41, 5.74) is 0. The van der Waals surface area contributed by atoms with Crippen LogP contribution in [0.25, 0.3) is 0 Å². The molecule has 0 radical (unpaired) electrons. The standard InChI is InChI=1S/C12H23NO/c1-10(14)9-12-3-2-7-13(12)8-6-11-4-5-11/h10-12,14H,2-9H2,1H3. The van der Waals surface area contributed by atoms with Crippen molar-refractivity contribution in [1.82, 2.24) is 4.90 Å². The third kappa shape index (κ3) is 2.96. The second-order valence-corrected chi connectivity index (χ2v) is 5.15. The van der Waals surface area contributed by atoms with Crippen LogP contribution in [0.2, 0.25) is 0 Å². The molecular weight excluding hydrogens is 174 g/mol. The van der Waals surface area contributed by atoms with Crippen LogP contribution >= 0.6 is 0 Å². The van der Waals surface area contributed by atoms with Crippen LogP contribution in [0, 0.1) is 5.92 Å². The maximum absolute atomic E-state index is 9.39. The van der Waals surface area contributed by atoms with Gasteiger partial charge in [-0.1, -0.05) is 12.8 Å². The molecule has 0 aromatic rings. The largest absolute Gasteiger partial charge is 0.393 e. The van der Waals surface area contributed by atoms with Crippen LogP contribution in [-0.2, 0) is 0 Å². The number of aliphatic hydroxyl groups excluding tert-OH is 1. The summed E-state index contributed by atoms with van der Waals surface area (Å²) in [6.07, 6.45) is 7.82. The van der Waals surface area contributed by atoms with E-state index in [0.29, 0.717) is 6.04 Å². The molecule has 2 aliphatic rings. The first-order valence-electron chi connectivity index (χ1n) is 6.18. The minimum atomic E-state index is -0.124. The average Bonchev–Trinajstić information content (AvgIpc) is 2.85. The van der Waals surface area contributed by atoms with Crippen LogP contribution in [-0.4, -0.2) is 35.2 Å². The van der Waals surface area contributed by atoms with Gasteiger partial charge in [-0.3, -0.25) is 0 Å². The molecular formula is C12H23NO. The number of hydrogen-bond donors (Lipinski definition) is 1. The lowest BCUT2D eigenvalue weighted by Crippen LogP contribution is -2.32. The summed E-state index contributed by atoms with van der Waals surface area (Å²) in [7, 11) is 0. The number of rotatable bonds is 5. The summed E-state index contributed by atoms with van der Waals surface area (Å²) >= 11 is 0. The lowest BCUT2D eigenvalue weighted by Gasteiger charge is -2.25. The van der Waals surface area contributed by atoms with Crippen LogP contribution in [0.4, 0.5) is 0 Å². The van der Waals surface area contributed by atoms with E-state index >= 15 is 0 Å². The molecule has 1 N–H and O–H groups in total. The summed E-state index contributed by atoms with van der Waals surface area (Å²) in [6.45, 7) is 4.46. The first kappa shape index (κ1) is 10.4. The van der Waals surface area contributed by atoms with Crippen LogP contribution < -0.4 is 0 Å². The van der Waals surface area contributed by atoms with E-state index in [-0.39, 0.29) is 6.10 Å². The van der Waals surface area contributed by atoms with E-state index in [1.54, 1.807) is 0 Å². The molecule has 1 aliphatic heterocycles. The van der Waals surface area contributed by atoms with Crippen molar-refractivity contribution in [2.45, 2.75) is 57.6 Å². The zero-order chi connectivity index (χ0) is 9.97. The fourth-order valence-electron chi connectivity index (χ4n) is 2.61. The molecule has 14 heavy (non-hydrogen) atoms. The summed E-state index contributed by atoms with van der Waals surface area (Å²) in [4.78, 5) is 2.60. The predicted octanol–water partition coefficient (Wildman–Crippen LogP) is 2.02. The fourth-order valence-corrected chi connectivity index (χ4v) is 2.61. The third-order valence-corrected chi connectivity index (χ3v) is 3.63. The molecule has 0 bridgehead atoms. The first-order chi connectivity index (χ1) is 6.75. The van der Waals surface area contributed by atoms with Crippen molar-refractivity contribution < 1.29 is 5.11 Å². The molecule has 0 aromatic heterocycles. The van der Waals surface area contributed by atoms with Crippen molar-refractivity contribution in [3.05, 3.63) is 0 Å². The lowest BCUT2D eigenvalue weighted by molar-refractivity contribution is 0.132. The van der Waals surface area contributed by atoms with Crippen LogP contribution in [0.3, 0.4) is 0 Å². The van der Waals surface area contributed by atoms with Gasteiger partial charge in [0.2, 0.25) is 0 Å². The molecule has 1 heterocycles. The van der Waals surface area contributed by atoms with Crippen molar-refractivity contribution in [1.29, 1.82) is 0 Å². The lowest BCUT2D eigenvalue weighted by atomic mass is 10.1. The van der Waals surface area contributed by atoms with Gasteiger partial charge >= 0.3 is 0 Å². The fraction of sp³-hybridized carbons (Fsp3) is 1.00. The molecule has 0 aromatic carbocycles. The van der Waals surface area contributed by atoms with Gasteiger partial charge in [-0.2, -0.15) is 0 Å². The smallest absolute Gasteiger partial charge is 0.0527 e. The van der Waals surface area contributed by atoms with E-state index in [9.17, 15) is 5.11 Å². The van der Waals surface area contributed by atoms with Gasteiger partial charge in [-0.15, -0.1) is 0 Å². The Labute approximate surface area is 87.3 Å². The number of aliphatic hydroxyl groups is 1. The molecule has 2 rings (SSSR count). The molecule has 2 atom stereocenters. The van der Waals surface area contributed by atoms with Gasteiger partial charge in [0, 0.05) is 6.04 Å². The van der Waals surface area contributed by atoms with E-state index in [1.807, 2.05) is 6.92 Å². The van der Waals surface area contributed by atoms with Crippen molar-refractivity contribution in [3.63, 3.8) is 0 Å². The van der Waals surface area contributed by atoms with Gasteiger partial charge < -0.3 is 10.0 Å². The molecule has 2 heteroatoms. The Morgan fingerprint density at radius 2 is 2.14 bits per heavy atom. The Morgan fingerprint density at radius 1 is 1.36 bits per heavy atom. The topological polar surface area (TPSA) is 23.5 Å². The van der Waals surface area contributed by atoms with Crippen molar-refractivity contribution >= 4 is 0 Å². The molecule has 2 nitrogen and oxygen atoms in total. The van der Waals surface area contributed by atoms with Crippen molar-refractivity contribution in [2.75, 3.05) is 13.1 Å². The molecule has 0 amide bonds. The predicted molar refractivity (Wildman–Crippen MR) is 58.2 cm³/mol. The van der Waals surface area contributed by atoms with E-state index < -0.39 is 0 Å². The van der Waals surface area contributed by atoms with E-state index in [0.717, 1.165) is 12.3 Å². The number of nitrogens with zero attached hydrogens (tertiary/aromatic N) is 1. The second kappa shape index (κ2) is 4.63. The van der Waals surface area contributed by atoms with Gasteiger partial charge in [0.25, 0.3) is 0 Å². The van der Waals surface area contributed by atoms with E-state index in [4.69, 9.17) is 0 Å². The van der Waals surface area contributed by atoms with E-state index in [1.165, 1.54) is 45.2 Å². The maximum atomic E-state index is 9.39. The highest BCUT2D eigenvalue weighted by molar-refractivity contribution is 4.82. The Hall–Kier alpha value is -0.0800. The zero-order valence-corrected chi connectivity index (χ0v) is 9.28. The van der Waals surface area contributed by atoms with Gasteiger partial charge in [0.05, 0.1) is 6.10 Å². The van der Waals surface area contributed by atoms with Gasteiger partial charge in [-0.05, 0) is 51.6 Å². The highest BCUT2D eigenvalue weighted by Gasteiger charge is 2.28. The van der Waals surface area contributed by atoms with Crippen molar-refractivity contribution in [3.8, 4) is 0 Å². The normalized spacial score (nSPS) is 30.9. The SMILES string of the molecule is CC(O)CC1CCCN1CCC1CC1. The summed E-state index contributed by atoms with van der Waals surface area (Å²) < 4.78 is 0. The van der Waals surface area contributed by atoms with Gasteiger partial charge in [0.1, 0.15) is 0 Å². The minimum absolute atomic E-state index is 0.124. The molecule has 2 fully saturated rings. The van der Waals surface area contributed by atoms with Gasteiger partial charge in [0.15, 0.2) is 0 Å².